The van der Waals surface area contributed by atoms with Crippen molar-refractivity contribution >= 4 is 0 Å². The molecular formula is C9H17N3O2. The minimum atomic E-state index is -0.514. The molecule has 0 aliphatic rings. The van der Waals surface area contributed by atoms with Gasteiger partial charge in [-0.05, 0) is 20.3 Å². The fraction of sp³-hybridized carbons (Fsp3) is 0.778. The van der Waals surface area contributed by atoms with Crippen LogP contribution in [0.2, 0.25) is 0 Å². The zero-order chi connectivity index (χ0) is 10.8. The Morgan fingerprint density at radius 3 is 2.64 bits per heavy atom. The van der Waals surface area contributed by atoms with E-state index in [9.17, 15) is 0 Å². The second kappa shape index (κ2) is 4.06. The monoisotopic (exact) mass is 199 g/mol. The molecule has 1 aromatic heterocycles. The van der Waals surface area contributed by atoms with E-state index < -0.39 is 5.60 Å². The molecule has 0 saturated carbocycles. The third kappa shape index (κ3) is 1.93. The number of methoxy groups -OCH3 is 1. The van der Waals surface area contributed by atoms with Gasteiger partial charge in [-0.25, -0.2) is 0 Å². The van der Waals surface area contributed by atoms with Crippen molar-refractivity contribution < 1.29 is 9.26 Å². The lowest BCUT2D eigenvalue weighted by Gasteiger charge is -2.21. The Hall–Kier alpha value is -0.940. The molecule has 0 fully saturated rings. The number of hydrogen-bond acceptors (Lipinski definition) is 5. The summed E-state index contributed by atoms with van der Waals surface area (Å²) in [5.74, 6) is 0.992. The Bertz CT molecular complexity index is 292. The van der Waals surface area contributed by atoms with Gasteiger partial charge in [-0.2, -0.15) is 4.98 Å². The van der Waals surface area contributed by atoms with Crippen LogP contribution < -0.4 is 5.73 Å². The molecule has 0 saturated heterocycles. The van der Waals surface area contributed by atoms with E-state index in [1.54, 1.807) is 7.11 Å². The van der Waals surface area contributed by atoms with Crippen LogP contribution in [-0.4, -0.2) is 17.3 Å². The predicted octanol–water partition coefficient (Wildman–Crippen LogP) is 1.36. The van der Waals surface area contributed by atoms with Crippen molar-refractivity contribution in [2.45, 2.75) is 38.8 Å². The third-order valence-corrected chi connectivity index (χ3v) is 2.43. The van der Waals surface area contributed by atoms with Gasteiger partial charge in [0.2, 0.25) is 0 Å². The average Bonchev–Trinajstić information content (AvgIpc) is 2.66. The number of aromatic nitrogens is 2. The maximum Gasteiger partial charge on any atom is 0.258 e. The summed E-state index contributed by atoms with van der Waals surface area (Å²) < 4.78 is 10.4. The molecule has 5 nitrogen and oxygen atoms in total. The molecule has 0 aromatic carbocycles. The van der Waals surface area contributed by atoms with Gasteiger partial charge in [0, 0.05) is 7.11 Å². The molecule has 2 N–H and O–H groups in total. The Labute approximate surface area is 83.6 Å². The highest BCUT2D eigenvalue weighted by Crippen LogP contribution is 2.26. The lowest BCUT2D eigenvalue weighted by Crippen LogP contribution is -2.23. The maximum atomic E-state index is 5.63. The highest BCUT2D eigenvalue weighted by molar-refractivity contribution is 4.99. The Kier molecular flexibility index (Phi) is 3.23. The van der Waals surface area contributed by atoms with E-state index in [0.29, 0.717) is 11.7 Å². The van der Waals surface area contributed by atoms with E-state index in [1.807, 2.05) is 20.8 Å². The summed E-state index contributed by atoms with van der Waals surface area (Å²) in [6.07, 6.45) is 0.768. The van der Waals surface area contributed by atoms with Gasteiger partial charge >= 0.3 is 0 Å². The number of ether oxygens (including phenoxy) is 1. The van der Waals surface area contributed by atoms with Crippen LogP contribution in [0.3, 0.4) is 0 Å². The van der Waals surface area contributed by atoms with Crippen LogP contribution >= 0.6 is 0 Å². The minimum Gasteiger partial charge on any atom is -0.369 e. The van der Waals surface area contributed by atoms with Crippen LogP contribution in [0.15, 0.2) is 4.52 Å². The van der Waals surface area contributed by atoms with E-state index >= 15 is 0 Å². The number of hydrogen-bond donors (Lipinski definition) is 1. The number of rotatable bonds is 4. The molecule has 0 bridgehead atoms. The lowest BCUT2D eigenvalue weighted by molar-refractivity contribution is -0.0272. The zero-order valence-corrected chi connectivity index (χ0v) is 9.07. The summed E-state index contributed by atoms with van der Waals surface area (Å²) >= 11 is 0. The summed E-state index contributed by atoms with van der Waals surface area (Å²) in [6, 6.07) is -0.217. The topological polar surface area (TPSA) is 74.2 Å². The zero-order valence-electron chi connectivity index (χ0n) is 9.07. The minimum absolute atomic E-state index is 0.217. The molecule has 0 amide bonds. The smallest absolute Gasteiger partial charge is 0.258 e. The summed E-state index contributed by atoms with van der Waals surface area (Å²) in [7, 11) is 1.62. The van der Waals surface area contributed by atoms with Gasteiger partial charge in [0.15, 0.2) is 5.82 Å². The van der Waals surface area contributed by atoms with E-state index in [0.717, 1.165) is 6.42 Å². The molecule has 2 atom stereocenters. The van der Waals surface area contributed by atoms with Crippen LogP contribution in [0.25, 0.3) is 0 Å². The molecule has 1 aromatic rings. The molecule has 80 valence electrons. The van der Waals surface area contributed by atoms with Crippen LogP contribution in [-0.2, 0) is 10.3 Å². The van der Waals surface area contributed by atoms with Gasteiger partial charge in [-0.15, -0.1) is 0 Å². The molecule has 1 rings (SSSR count). The Balaban J connectivity index is 2.95. The lowest BCUT2D eigenvalue weighted by atomic mass is 10.0. The SMILES string of the molecule is CCC(C)(OC)c1nc(C(C)N)no1. The van der Waals surface area contributed by atoms with Crippen LogP contribution in [0.5, 0.6) is 0 Å². The van der Waals surface area contributed by atoms with E-state index in [2.05, 4.69) is 10.1 Å². The van der Waals surface area contributed by atoms with Crippen molar-refractivity contribution in [3.63, 3.8) is 0 Å². The van der Waals surface area contributed by atoms with Gasteiger partial charge in [0.25, 0.3) is 5.89 Å². The summed E-state index contributed by atoms with van der Waals surface area (Å²) in [5, 5.41) is 3.79. The third-order valence-electron chi connectivity index (χ3n) is 2.43. The highest BCUT2D eigenvalue weighted by Gasteiger charge is 2.31. The quantitative estimate of drug-likeness (QED) is 0.792. The summed E-state index contributed by atoms with van der Waals surface area (Å²) in [4.78, 5) is 4.20. The molecule has 0 radical (unpaired) electrons. The van der Waals surface area contributed by atoms with Gasteiger partial charge in [0.1, 0.15) is 5.60 Å². The Morgan fingerprint density at radius 2 is 2.29 bits per heavy atom. The molecule has 0 aliphatic heterocycles. The van der Waals surface area contributed by atoms with Gasteiger partial charge < -0.3 is 15.0 Å². The van der Waals surface area contributed by atoms with Gasteiger partial charge in [0.05, 0.1) is 6.04 Å². The van der Waals surface area contributed by atoms with Crippen molar-refractivity contribution in [2.75, 3.05) is 7.11 Å². The van der Waals surface area contributed by atoms with Crippen molar-refractivity contribution in [2.24, 2.45) is 5.73 Å². The van der Waals surface area contributed by atoms with Gasteiger partial charge in [-0.1, -0.05) is 12.1 Å². The largest absolute Gasteiger partial charge is 0.369 e. The standard InChI is InChI=1S/C9H17N3O2/c1-5-9(3,13-4)8-11-7(6(2)10)12-14-8/h6H,5,10H2,1-4H3. The van der Waals surface area contributed by atoms with Crippen LogP contribution in [0, 0.1) is 0 Å². The maximum absolute atomic E-state index is 5.63. The normalized spacial score (nSPS) is 17.8. The molecular weight excluding hydrogens is 182 g/mol. The average molecular weight is 199 g/mol. The first-order valence-electron chi connectivity index (χ1n) is 4.68. The second-order valence-electron chi connectivity index (χ2n) is 3.53. The first kappa shape index (κ1) is 11.1. The molecule has 2 unspecified atom stereocenters. The second-order valence-corrected chi connectivity index (χ2v) is 3.53. The summed E-state index contributed by atoms with van der Waals surface area (Å²) in [6.45, 7) is 5.72. The van der Waals surface area contributed by atoms with Crippen molar-refractivity contribution in [1.82, 2.24) is 10.1 Å². The fourth-order valence-corrected chi connectivity index (χ4v) is 1.02. The van der Waals surface area contributed by atoms with Crippen LogP contribution in [0.4, 0.5) is 0 Å². The van der Waals surface area contributed by atoms with Crippen LogP contribution in [0.1, 0.15) is 44.9 Å². The fourth-order valence-electron chi connectivity index (χ4n) is 1.02. The number of nitrogens with zero attached hydrogens (tertiary/aromatic N) is 2. The van der Waals surface area contributed by atoms with Gasteiger partial charge in [-0.3, -0.25) is 0 Å². The van der Waals surface area contributed by atoms with Crippen molar-refractivity contribution in [3.8, 4) is 0 Å². The number of nitrogens with two attached hydrogens (primary N) is 1. The predicted molar refractivity (Wildman–Crippen MR) is 51.6 cm³/mol. The van der Waals surface area contributed by atoms with Crippen molar-refractivity contribution in [1.29, 1.82) is 0 Å². The van der Waals surface area contributed by atoms with Crippen molar-refractivity contribution in [3.05, 3.63) is 11.7 Å². The highest BCUT2D eigenvalue weighted by atomic mass is 16.5. The summed E-state index contributed by atoms with van der Waals surface area (Å²) in [5.41, 5.74) is 5.11. The first-order chi connectivity index (χ1) is 6.53. The van der Waals surface area contributed by atoms with E-state index in [-0.39, 0.29) is 6.04 Å². The molecule has 14 heavy (non-hydrogen) atoms. The molecule has 1 heterocycles. The molecule has 0 spiro atoms. The molecule has 0 aliphatic carbocycles. The molecule has 5 heteroatoms. The van der Waals surface area contributed by atoms with E-state index in [4.69, 9.17) is 15.0 Å². The first-order valence-corrected chi connectivity index (χ1v) is 4.68. The van der Waals surface area contributed by atoms with E-state index in [1.165, 1.54) is 0 Å². The Morgan fingerprint density at radius 1 is 1.64 bits per heavy atom.